The predicted molar refractivity (Wildman–Crippen MR) is 229 cm³/mol. The standard InChI is InChI=1S/C52H33NO2/c1-5-15-34(16-6-1)49-50-46-31-36(25-28-42(46)41-23-13-14-24-45(41)52(50)55-51(49)35-17-7-2-8-18-35)37-26-29-43-44-30-27-40(33-48(44)54-47(43)32-37)53(38-19-9-3-10-20-38)39-21-11-4-12-22-39/h1-33H/i13D,14D,23D,24D,25D,31D. The van der Waals surface area contributed by atoms with Gasteiger partial charge in [0.2, 0.25) is 0 Å². The first-order valence-corrected chi connectivity index (χ1v) is 18.2. The molecule has 0 N–H and O–H groups in total. The van der Waals surface area contributed by atoms with E-state index in [0.29, 0.717) is 49.8 Å². The summed E-state index contributed by atoms with van der Waals surface area (Å²) in [7, 11) is 0. The van der Waals surface area contributed by atoms with E-state index in [9.17, 15) is 2.74 Å². The van der Waals surface area contributed by atoms with Gasteiger partial charge in [0.15, 0.2) is 0 Å². The average molecular weight is 710 g/mol. The van der Waals surface area contributed by atoms with Gasteiger partial charge in [-0.15, -0.1) is 0 Å². The molecule has 0 saturated carbocycles. The van der Waals surface area contributed by atoms with Crippen LogP contribution in [0.4, 0.5) is 17.1 Å². The van der Waals surface area contributed by atoms with Crippen LogP contribution >= 0.6 is 0 Å². The van der Waals surface area contributed by atoms with Crippen molar-refractivity contribution in [3.63, 3.8) is 0 Å². The summed E-state index contributed by atoms with van der Waals surface area (Å²) < 4.78 is 68.5. The SMILES string of the molecule is [2H]c1cc2c3c([2H])c([2H])c([2H])c([2H])c3c3oc(-c4ccccc4)c(-c4ccccc4)c3c2c([2H])c1-c1ccc2c(c1)oc1cc(N(c3ccccc3)c3ccccc3)ccc12. The van der Waals surface area contributed by atoms with E-state index in [0.717, 1.165) is 39.0 Å². The van der Waals surface area contributed by atoms with Gasteiger partial charge in [-0.25, -0.2) is 0 Å². The highest BCUT2D eigenvalue weighted by Crippen LogP contribution is 2.48. The third-order valence-corrected chi connectivity index (χ3v) is 10.4. The third kappa shape index (κ3) is 5.13. The Labute approximate surface area is 326 Å². The van der Waals surface area contributed by atoms with Gasteiger partial charge in [0, 0.05) is 55.8 Å². The Kier molecular flexibility index (Phi) is 5.88. The smallest absolute Gasteiger partial charge is 0.143 e. The van der Waals surface area contributed by atoms with Crippen molar-refractivity contribution in [3.05, 3.63) is 200 Å². The molecule has 0 radical (unpaired) electrons. The van der Waals surface area contributed by atoms with Crippen LogP contribution in [-0.4, -0.2) is 0 Å². The molecule has 55 heavy (non-hydrogen) atoms. The lowest BCUT2D eigenvalue weighted by Crippen LogP contribution is -2.09. The first-order chi connectivity index (χ1) is 29.8. The molecule has 0 bridgehead atoms. The van der Waals surface area contributed by atoms with Crippen LogP contribution in [0.1, 0.15) is 8.22 Å². The number of anilines is 3. The minimum atomic E-state index is -0.396. The van der Waals surface area contributed by atoms with Crippen LogP contribution in [0.15, 0.2) is 209 Å². The maximum absolute atomic E-state index is 10.0. The molecule has 3 heteroatoms. The fourth-order valence-electron chi connectivity index (χ4n) is 7.86. The number of rotatable bonds is 6. The van der Waals surface area contributed by atoms with Crippen LogP contribution in [0.2, 0.25) is 0 Å². The molecule has 0 unspecified atom stereocenters. The highest BCUT2D eigenvalue weighted by atomic mass is 16.3. The molecule has 0 spiro atoms. The Morgan fingerprint density at radius 3 is 1.69 bits per heavy atom. The Morgan fingerprint density at radius 1 is 0.400 bits per heavy atom. The second-order valence-corrected chi connectivity index (χ2v) is 13.6. The minimum absolute atomic E-state index is 0.0395. The Hall–Kier alpha value is -7.36. The van der Waals surface area contributed by atoms with Crippen molar-refractivity contribution in [2.75, 3.05) is 4.90 Å². The lowest BCUT2D eigenvalue weighted by molar-refractivity contribution is 0.636. The Morgan fingerprint density at radius 2 is 1.00 bits per heavy atom. The minimum Gasteiger partial charge on any atom is -0.456 e. The van der Waals surface area contributed by atoms with E-state index in [-0.39, 0.29) is 46.6 Å². The molecule has 0 saturated heterocycles. The summed E-state index contributed by atoms with van der Waals surface area (Å²) in [5.41, 5.74) is 7.76. The molecule has 3 nitrogen and oxygen atoms in total. The van der Waals surface area contributed by atoms with Crippen LogP contribution in [0.25, 0.3) is 88.0 Å². The summed E-state index contributed by atoms with van der Waals surface area (Å²) in [6.45, 7) is 0. The Balaban J connectivity index is 1.18. The second-order valence-electron chi connectivity index (χ2n) is 13.6. The van der Waals surface area contributed by atoms with Gasteiger partial charge in [-0.2, -0.15) is 0 Å². The molecule has 0 amide bonds. The van der Waals surface area contributed by atoms with Gasteiger partial charge < -0.3 is 13.7 Å². The molecule has 0 fully saturated rings. The van der Waals surface area contributed by atoms with Crippen molar-refractivity contribution in [2.24, 2.45) is 0 Å². The summed E-state index contributed by atoms with van der Waals surface area (Å²) in [5, 5.41) is 3.60. The number of fused-ring (bicyclic) bond motifs is 9. The van der Waals surface area contributed by atoms with Gasteiger partial charge in [-0.3, -0.25) is 0 Å². The van der Waals surface area contributed by atoms with Crippen LogP contribution < -0.4 is 4.90 Å². The monoisotopic (exact) mass is 709 g/mol. The molecular weight excluding hydrogens is 671 g/mol. The van der Waals surface area contributed by atoms with Gasteiger partial charge >= 0.3 is 0 Å². The first-order valence-electron chi connectivity index (χ1n) is 21.2. The van der Waals surface area contributed by atoms with Crippen molar-refractivity contribution in [2.45, 2.75) is 0 Å². The zero-order valence-electron chi connectivity index (χ0n) is 35.4. The van der Waals surface area contributed by atoms with E-state index in [4.69, 9.17) is 14.3 Å². The molecule has 11 rings (SSSR count). The molecule has 0 aliphatic carbocycles. The summed E-state index contributed by atoms with van der Waals surface area (Å²) in [5.74, 6) is 0.514. The molecule has 0 aliphatic heterocycles. The van der Waals surface area contributed by atoms with E-state index < -0.39 is 6.04 Å². The molecule has 258 valence electrons. The molecule has 0 atom stereocenters. The van der Waals surface area contributed by atoms with Crippen molar-refractivity contribution < 1.29 is 17.1 Å². The molecule has 2 heterocycles. The van der Waals surface area contributed by atoms with Gasteiger partial charge in [-0.05, 0) is 87.4 Å². The molecule has 9 aromatic carbocycles. The number of para-hydroxylation sites is 2. The van der Waals surface area contributed by atoms with E-state index in [1.54, 1.807) is 6.07 Å². The highest BCUT2D eigenvalue weighted by molar-refractivity contribution is 6.29. The van der Waals surface area contributed by atoms with E-state index in [1.807, 2.05) is 121 Å². The van der Waals surface area contributed by atoms with Crippen molar-refractivity contribution >= 4 is 71.5 Å². The van der Waals surface area contributed by atoms with E-state index in [2.05, 4.69) is 41.3 Å². The topological polar surface area (TPSA) is 29.5 Å². The number of hydrogen-bond acceptors (Lipinski definition) is 3. The fourth-order valence-corrected chi connectivity index (χ4v) is 7.86. The number of hydrogen-bond donors (Lipinski definition) is 0. The number of nitrogens with zero attached hydrogens (tertiary/aromatic N) is 1. The summed E-state index contributed by atoms with van der Waals surface area (Å²) in [6.07, 6.45) is 0. The molecule has 11 aromatic rings. The lowest BCUT2D eigenvalue weighted by Gasteiger charge is -2.25. The van der Waals surface area contributed by atoms with E-state index >= 15 is 0 Å². The zero-order chi connectivity index (χ0) is 41.5. The highest BCUT2D eigenvalue weighted by Gasteiger charge is 2.23. The third-order valence-electron chi connectivity index (χ3n) is 10.4. The Bertz CT molecular complexity index is 3490. The molecule has 0 aliphatic rings. The zero-order valence-corrected chi connectivity index (χ0v) is 29.4. The van der Waals surface area contributed by atoms with Gasteiger partial charge in [0.1, 0.15) is 22.5 Å². The quantitative estimate of drug-likeness (QED) is 0.161. The maximum Gasteiger partial charge on any atom is 0.143 e. The number of furan rings is 2. The maximum atomic E-state index is 10.0. The molecular formula is C52H33NO2. The summed E-state index contributed by atoms with van der Waals surface area (Å²) >= 11 is 0. The summed E-state index contributed by atoms with van der Waals surface area (Å²) in [4.78, 5) is 2.18. The van der Waals surface area contributed by atoms with Gasteiger partial charge in [-0.1, -0.05) is 139 Å². The normalized spacial score (nSPS) is 13.2. The van der Waals surface area contributed by atoms with Crippen LogP contribution in [0.5, 0.6) is 0 Å². The fraction of sp³-hybridized carbons (Fsp3) is 0. The van der Waals surface area contributed by atoms with Crippen molar-refractivity contribution in [3.8, 4) is 33.6 Å². The first kappa shape index (κ1) is 25.6. The lowest BCUT2D eigenvalue weighted by atomic mass is 9.90. The van der Waals surface area contributed by atoms with Gasteiger partial charge in [0.25, 0.3) is 0 Å². The molecule has 2 aromatic heterocycles. The predicted octanol–water partition coefficient (Wildman–Crippen LogP) is 15.1. The van der Waals surface area contributed by atoms with Crippen LogP contribution in [0.3, 0.4) is 0 Å². The largest absolute Gasteiger partial charge is 0.456 e. The van der Waals surface area contributed by atoms with Crippen LogP contribution in [0, 0.1) is 0 Å². The van der Waals surface area contributed by atoms with Crippen molar-refractivity contribution in [1.29, 1.82) is 0 Å². The van der Waals surface area contributed by atoms with Crippen molar-refractivity contribution in [1.82, 2.24) is 0 Å². The second kappa shape index (κ2) is 12.6. The van der Waals surface area contributed by atoms with E-state index in [1.165, 1.54) is 0 Å². The summed E-state index contributed by atoms with van der Waals surface area (Å²) in [6, 6.07) is 52.1. The van der Waals surface area contributed by atoms with Gasteiger partial charge in [0.05, 0.1) is 8.22 Å². The van der Waals surface area contributed by atoms with Crippen LogP contribution in [-0.2, 0) is 0 Å². The average Bonchev–Trinajstić information content (AvgIpc) is 3.87. The number of benzene rings is 9.